The standard InChI is InChI=1S/C18H19ClN2O2/c1-12-4-9-17(13(2)10-12)14(3)20-21-18(22)11-23-16-7-5-15(19)6-8-16/h4-10H,11H2,1-3H3,(H,21,22). The summed E-state index contributed by atoms with van der Waals surface area (Å²) in [6.45, 7) is 5.81. The third-order valence-corrected chi connectivity index (χ3v) is 3.56. The van der Waals surface area contributed by atoms with E-state index < -0.39 is 0 Å². The second kappa shape index (κ2) is 7.79. The van der Waals surface area contributed by atoms with E-state index in [4.69, 9.17) is 16.3 Å². The number of benzene rings is 2. The molecule has 23 heavy (non-hydrogen) atoms. The zero-order valence-corrected chi connectivity index (χ0v) is 14.1. The molecular weight excluding hydrogens is 312 g/mol. The van der Waals surface area contributed by atoms with Crippen LogP contribution in [0, 0.1) is 13.8 Å². The van der Waals surface area contributed by atoms with Crippen LogP contribution in [0.3, 0.4) is 0 Å². The van der Waals surface area contributed by atoms with Crippen LogP contribution in [-0.2, 0) is 4.79 Å². The Labute approximate surface area is 141 Å². The Morgan fingerprint density at radius 1 is 1.17 bits per heavy atom. The van der Waals surface area contributed by atoms with Gasteiger partial charge in [-0.2, -0.15) is 5.10 Å². The maximum absolute atomic E-state index is 11.8. The molecule has 0 aliphatic carbocycles. The van der Waals surface area contributed by atoms with Crippen molar-refractivity contribution in [2.24, 2.45) is 5.10 Å². The average molecular weight is 331 g/mol. The number of hydrogen-bond donors (Lipinski definition) is 1. The van der Waals surface area contributed by atoms with Gasteiger partial charge < -0.3 is 4.74 Å². The number of nitrogens with one attached hydrogen (secondary N) is 1. The molecule has 2 aromatic carbocycles. The number of amides is 1. The Bertz CT molecular complexity index is 724. The normalized spacial score (nSPS) is 11.2. The molecule has 1 amide bonds. The molecule has 0 bridgehead atoms. The van der Waals surface area contributed by atoms with E-state index >= 15 is 0 Å². The van der Waals surface area contributed by atoms with Gasteiger partial charge in [-0.3, -0.25) is 4.79 Å². The molecule has 0 fully saturated rings. The third kappa shape index (κ3) is 5.11. The molecule has 0 heterocycles. The van der Waals surface area contributed by atoms with Crippen LogP contribution in [0.5, 0.6) is 5.75 Å². The van der Waals surface area contributed by atoms with E-state index in [1.54, 1.807) is 24.3 Å². The lowest BCUT2D eigenvalue weighted by atomic mass is 10.0. The van der Waals surface area contributed by atoms with E-state index in [-0.39, 0.29) is 12.5 Å². The molecule has 0 saturated carbocycles. The van der Waals surface area contributed by atoms with Crippen molar-refractivity contribution in [1.82, 2.24) is 5.43 Å². The van der Waals surface area contributed by atoms with E-state index in [9.17, 15) is 4.79 Å². The van der Waals surface area contributed by atoms with Crippen LogP contribution in [0.25, 0.3) is 0 Å². The molecule has 1 N–H and O–H groups in total. The largest absolute Gasteiger partial charge is 0.484 e. The van der Waals surface area contributed by atoms with Gasteiger partial charge in [0.2, 0.25) is 0 Å². The van der Waals surface area contributed by atoms with Crippen LogP contribution in [-0.4, -0.2) is 18.2 Å². The van der Waals surface area contributed by atoms with Crippen molar-refractivity contribution < 1.29 is 9.53 Å². The minimum Gasteiger partial charge on any atom is -0.484 e. The zero-order chi connectivity index (χ0) is 16.8. The van der Waals surface area contributed by atoms with Crippen LogP contribution in [0.4, 0.5) is 0 Å². The van der Waals surface area contributed by atoms with E-state index in [1.807, 2.05) is 32.9 Å². The number of nitrogens with zero attached hydrogens (tertiary/aromatic N) is 1. The third-order valence-electron chi connectivity index (χ3n) is 3.30. The molecule has 0 unspecified atom stereocenters. The Balaban J connectivity index is 1.90. The SMILES string of the molecule is CC(=NNC(=O)COc1ccc(Cl)cc1)c1ccc(C)cc1C. The fourth-order valence-corrected chi connectivity index (χ4v) is 2.26. The first kappa shape index (κ1) is 17.0. The monoisotopic (exact) mass is 330 g/mol. The topological polar surface area (TPSA) is 50.7 Å². The van der Waals surface area contributed by atoms with Crippen molar-refractivity contribution in [1.29, 1.82) is 0 Å². The van der Waals surface area contributed by atoms with E-state index in [2.05, 4.69) is 16.6 Å². The zero-order valence-electron chi connectivity index (χ0n) is 13.4. The van der Waals surface area contributed by atoms with Crippen LogP contribution >= 0.6 is 11.6 Å². The van der Waals surface area contributed by atoms with Gasteiger partial charge >= 0.3 is 0 Å². The summed E-state index contributed by atoms with van der Waals surface area (Å²) < 4.78 is 5.36. The summed E-state index contributed by atoms with van der Waals surface area (Å²) in [6.07, 6.45) is 0. The van der Waals surface area contributed by atoms with Crippen molar-refractivity contribution in [2.75, 3.05) is 6.61 Å². The van der Waals surface area contributed by atoms with Gasteiger partial charge in [0.05, 0.1) is 5.71 Å². The van der Waals surface area contributed by atoms with E-state index in [0.717, 1.165) is 16.8 Å². The number of carbonyl (C=O) groups excluding carboxylic acids is 1. The average Bonchev–Trinajstić information content (AvgIpc) is 2.52. The summed E-state index contributed by atoms with van der Waals surface area (Å²) in [5.41, 5.74) is 6.58. The van der Waals surface area contributed by atoms with Gasteiger partial charge in [-0.05, 0) is 50.6 Å². The van der Waals surface area contributed by atoms with Gasteiger partial charge in [-0.1, -0.05) is 35.4 Å². The summed E-state index contributed by atoms with van der Waals surface area (Å²) in [4.78, 5) is 11.8. The quantitative estimate of drug-likeness (QED) is 0.668. The molecule has 4 nitrogen and oxygen atoms in total. The number of ether oxygens (including phenoxy) is 1. The molecule has 0 aliphatic heterocycles. The molecular formula is C18H19ClN2O2. The second-order valence-electron chi connectivity index (χ2n) is 5.29. The lowest BCUT2D eigenvalue weighted by Gasteiger charge is -2.08. The lowest BCUT2D eigenvalue weighted by molar-refractivity contribution is -0.123. The maximum Gasteiger partial charge on any atom is 0.277 e. The minimum atomic E-state index is -0.316. The molecule has 2 aromatic rings. The van der Waals surface area contributed by atoms with Crippen molar-refractivity contribution in [3.63, 3.8) is 0 Å². The summed E-state index contributed by atoms with van der Waals surface area (Å²) in [7, 11) is 0. The summed E-state index contributed by atoms with van der Waals surface area (Å²) in [5.74, 6) is 0.267. The fraction of sp³-hybridized carbons (Fsp3) is 0.222. The highest BCUT2D eigenvalue weighted by molar-refractivity contribution is 6.30. The highest BCUT2D eigenvalue weighted by atomic mass is 35.5. The number of halogens is 1. The first-order valence-electron chi connectivity index (χ1n) is 7.25. The molecule has 0 atom stereocenters. The smallest absolute Gasteiger partial charge is 0.277 e. The number of hydrogen-bond acceptors (Lipinski definition) is 3. The van der Waals surface area contributed by atoms with Crippen molar-refractivity contribution in [2.45, 2.75) is 20.8 Å². The molecule has 0 radical (unpaired) electrons. The number of rotatable bonds is 5. The maximum atomic E-state index is 11.8. The summed E-state index contributed by atoms with van der Waals surface area (Å²) in [5, 5.41) is 4.75. The Kier molecular flexibility index (Phi) is 5.77. The van der Waals surface area contributed by atoms with Gasteiger partial charge in [0.25, 0.3) is 5.91 Å². The minimum absolute atomic E-state index is 0.106. The molecule has 0 aliphatic rings. The van der Waals surface area contributed by atoms with E-state index in [1.165, 1.54) is 5.56 Å². The first-order valence-corrected chi connectivity index (χ1v) is 7.62. The summed E-state index contributed by atoms with van der Waals surface area (Å²) >= 11 is 5.79. The van der Waals surface area contributed by atoms with Crippen LogP contribution in [0.2, 0.25) is 5.02 Å². The first-order chi connectivity index (χ1) is 11.0. The molecule has 5 heteroatoms. The molecule has 0 spiro atoms. The van der Waals surface area contributed by atoms with Gasteiger partial charge in [0, 0.05) is 10.6 Å². The van der Waals surface area contributed by atoms with Crippen LogP contribution < -0.4 is 10.2 Å². The van der Waals surface area contributed by atoms with Crippen molar-refractivity contribution in [3.05, 3.63) is 64.2 Å². The molecule has 120 valence electrons. The highest BCUT2D eigenvalue weighted by Gasteiger charge is 2.05. The molecule has 0 aromatic heterocycles. The predicted octanol–water partition coefficient (Wildman–Crippen LogP) is 3.88. The Morgan fingerprint density at radius 3 is 2.52 bits per heavy atom. The Morgan fingerprint density at radius 2 is 1.87 bits per heavy atom. The van der Waals surface area contributed by atoms with Crippen LogP contribution in [0.1, 0.15) is 23.6 Å². The molecule has 0 saturated heterocycles. The Hall–Kier alpha value is -2.33. The number of aryl methyl sites for hydroxylation is 2. The van der Waals surface area contributed by atoms with Gasteiger partial charge in [0.1, 0.15) is 5.75 Å². The second-order valence-corrected chi connectivity index (χ2v) is 5.73. The predicted molar refractivity (Wildman–Crippen MR) is 93.2 cm³/mol. The summed E-state index contributed by atoms with van der Waals surface area (Å²) in [6, 6.07) is 12.9. The van der Waals surface area contributed by atoms with Gasteiger partial charge in [-0.25, -0.2) is 5.43 Å². The van der Waals surface area contributed by atoms with Gasteiger partial charge in [0.15, 0.2) is 6.61 Å². The van der Waals surface area contributed by atoms with Gasteiger partial charge in [-0.15, -0.1) is 0 Å². The lowest BCUT2D eigenvalue weighted by Crippen LogP contribution is -2.25. The van der Waals surface area contributed by atoms with Crippen molar-refractivity contribution >= 4 is 23.2 Å². The van der Waals surface area contributed by atoms with E-state index in [0.29, 0.717) is 10.8 Å². The van der Waals surface area contributed by atoms with Crippen LogP contribution in [0.15, 0.2) is 47.6 Å². The fourth-order valence-electron chi connectivity index (χ4n) is 2.14. The molecule has 2 rings (SSSR count). The number of hydrazone groups is 1. The van der Waals surface area contributed by atoms with Crippen molar-refractivity contribution in [3.8, 4) is 5.75 Å². The number of carbonyl (C=O) groups is 1. The highest BCUT2D eigenvalue weighted by Crippen LogP contribution is 2.15.